The molecule has 84 valence electrons. The van der Waals surface area contributed by atoms with Gasteiger partial charge in [0.2, 0.25) is 0 Å². The highest BCUT2D eigenvalue weighted by Crippen LogP contribution is 2.47. The lowest BCUT2D eigenvalue weighted by molar-refractivity contribution is 0.329. The molecule has 0 radical (unpaired) electrons. The van der Waals surface area contributed by atoms with Crippen LogP contribution in [0.3, 0.4) is 0 Å². The first-order valence-electron chi connectivity index (χ1n) is 6.42. The van der Waals surface area contributed by atoms with Crippen LogP contribution in [0, 0.1) is 22.7 Å². The molecule has 2 aliphatic carbocycles. The minimum atomic E-state index is 0.378. The summed E-state index contributed by atoms with van der Waals surface area (Å²) in [6.07, 6.45) is 10.4. The van der Waals surface area contributed by atoms with E-state index < -0.39 is 0 Å². The summed E-state index contributed by atoms with van der Waals surface area (Å²) < 4.78 is 0. The normalized spacial score (nSPS) is 24.7. The third kappa shape index (κ3) is 3.21. The Kier molecular flexibility index (Phi) is 3.64. The first-order chi connectivity index (χ1) is 7.35. The van der Waals surface area contributed by atoms with Crippen molar-refractivity contribution in [2.24, 2.45) is 11.3 Å². The van der Waals surface area contributed by atoms with E-state index >= 15 is 0 Å². The van der Waals surface area contributed by atoms with Crippen LogP contribution in [0.25, 0.3) is 0 Å². The summed E-state index contributed by atoms with van der Waals surface area (Å²) in [7, 11) is 0. The molecule has 2 saturated carbocycles. The second-order valence-electron chi connectivity index (χ2n) is 5.47. The van der Waals surface area contributed by atoms with E-state index in [1.165, 1.54) is 51.5 Å². The van der Waals surface area contributed by atoms with Crippen LogP contribution >= 0.6 is 0 Å². The van der Waals surface area contributed by atoms with Crippen molar-refractivity contribution in [3.05, 3.63) is 0 Å². The maximum absolute atomic E-state index is 8.71. The maximum Gasteiger partial charge on any atom is 0.0628 e. The third-order valence-corrected chi connectivity index (χ3v) is 4.07. The summed E-state index contributed by atoms with van der Waals surface area (Å²) >= 11 is 0. The van der Waals surface area contributed by atoms with Gasteiger partial charge in [0, 0.05) is 13.0 Å². The zero-order chi connectivity index (χ0) is 10.6. The van der Waals surface area contributed by atoms with Gasteiger partial charge in [-0.05, 0) is 43.6 Å². The zero-order valence-electron chi connectivity index (χ0n) is 9.60. The molecule has 0 spiro atoms. The lowest BCUT2D eigenvalue weighted by Crippen LogP contribution is -2.29. The molecule has 0 amide bonds. The standard InChI is InChI=1S/C13H22N2/c14-9-8-13(6-7-13)11-15-10-12-4-2-1-3-5-12/h12,15H,1-8,10-11H2. The van der Waals surface area contributed by atoms with Gasteiger partial charge in [0.05, 0.1) is 6.07 Å². The van der Waals surface area contributed by atoms with Crippen LogP contribution in [0.1, 0.15) is 51.4 Å². The second-order valence-corrected chi connectivity index (χ2v) is 5.47. The smallest absolute Gasteiger partial charge is 0.0628 e. The Balaban J connectivity index is 1.60. The minimum absolute atomic E-state index is 0.378. The van der Waals surface area contributed by atoms with Gasteiger partial charge in [-0.15, -0.1) is 0 Å². The molecule has 0 aromatic heterocycles. The van der Waals surface area contributed by atoms with Crippen LogP contribution in [0.15, 0.2) is 0 Å². The molecule has 2 nitrogen and oxygen atoms in total. The molecule has 0 unspecified atom stereocenters. The summed E-state index contributed by atoms with van der Waals surface area (Å²) in [5, 5.41) is 12.3. The molecule has 0 heterocycles. The van der Waals surface area contributed by atoms with Crippen LogP contribution in [0.2, 0.25) is 0 Å². The monoisotopic (exact) mass is 206 g/mol. The molecule has 0 aromatic rings. The summed E-state index contributed by atoms with van der Waals surface area (Å²) in [5.41, 5.74) is 0.378. The van der Waals surface area contributed by atoms with Gasteiger partial charge < -0.3 is 5.32 Å². The zero-order valence-corrected chi connectivity index (χ0v) is 9.60. The van der Waals surface area contributed by atoms with Crippen LogP contribution in [-0.2, 0) is 0 Å². The highest BCUT2D eigenvalue weighted by Gasteiger charge is 2.41. The number of hydrogen-bond donors (Lipinski definition) is 1. The fourth-order valence-electron chi connectivity index (χ4n) is 2.69. The van der Waals surface area contributed by atoms with Gasteiger partial charge in [-0.1, -0.05) is 19.3 Å². The van der Waals surface area contributed by atoms with E-state index in [1.807, 2.05) is 0 Å². The van der Waals surface area contributed by atoms with E-state index in [1.54, 1.807) is 0 Å². The Hall–Kier alpha value is -0.550. The molecular weight excluding hydrogens is 184 g/mol. The van der Waals surface area contributed by atoms with Crippen LogP contribution < -0.4 is 5.32 Å². The minimum Gasteiger partial charge on any atom is -0.316 e. The predicted molar refractivity (Wildman–Crippen MR) is 61.3 cm³/mol. The van der Waals surface area contributed by atoms with Crippen molar-refractivity contribution in [3.63, 3.8) is 0 Å². The Morgan fingerprint density at radius 3 is 2.53 bits per heavy atom. The van der Waals surface area contributed by atoms with Crippen molar-refractivity contribution in [2.75, 3.05) is 13.1 Å². The Morgan fingerprint density at radius 1 is 1.20 bits per heavy atom. The number of rotatable bonds is 5. The third-order valence-electron chi connectivity index (χ3n) is 4.07. The summed E-state index contributed by atoms with van der Waals surface area (Å²) in [6, 6.07) is 2.32. The Morgan fingerprint density at radius 2 is 1.93 bits per heavy atom. The first-order valence-corrected chi connectivity index (χ1v) is 6.42. The van der Waals surface area contributed by atoms with Gasteiger partial charge in [-0.3, -0.25) is 0 Å². The molecule has 2 heteroatoms. The van der Waals surface area contributed by atoms with E-state index in [4.69, 9.17) is 5.26 Å². The average molecular weight is 206 g/mol. The maximum atomic E-state index is 8.71. The van der Waals surface area contributed by atoms with Crippen molar-refractivity contribution in [1.29, 1.82) is 5.26 Å². The fourth-order valence-corrected chi connectivity index (χ4v) is 2.69. The second kappa shape index (κ2) is 4.99. The van der Waals surface area contributed by atoms with Crippen molar-refractivity contribution in [1.82, 2.24) is 5.32 Å². The van der Waals surface area contributed by atoms with Crippen LogP contribution in [0.4, 0.5) is 0 Å². The first kappa shape index (κ1) is 11.0. The Bertz CT molecular complexity index is 231. The van der Waals surface area contributed by atoms with Crippen LogP contribution in [-0.4, -0.2) is 13.1 Å². The fraction of sp³-hybridized carbons (Fsp3) is 0.923. The number of nitrogens with zero attached hydrogens (tertiary/aromatic N) is 1. The van der Waals surface area contributed by atoms with E-state index in [2.05, 4.69) is 11.4 Å². The molecule has 0 saturated heterocycles. The van der Waals surface area contributed by atoms with Crippen molar-refractivity contribution >= 4 is 0 Å². The van der Waals surface area contributed by atoms with E-state index in [9.17, 15) is 0 Å². The highest BCUT2D eigenvalue weighted by atomic mass is 14.9. The van der Waals surface area contributed by atoms with E-state index in [0.29, 0.717) is 5.41 Å². The van der Waals surface area contributed by atoms with Gasteiger partial charge in [0.15, 0.2) is 0 Å². The molecule has 0 aliphatic heterocycles. The number of hydrogen-bond acceptors (Lipinski definition) is 2. The molecule has 2 fully saturated rings. The number of nitriles is 1. The molecule has 15 heavy (non-hydrogen) atoms. The lowest BCUT2D eigenvalue weighted by Gasteiger charge is -2.23. The molecular formula is C13H22N2. The van der Waals surface area contributed by atoms with Gasteiger partial charge in [0.25, 0.3) is 0 Å². The predicted octanol–water partition coefficient (Wildman–Crippen LogP) is 2.85. The summed E-state index contributed by atoms with van der Waals surface area (Å²) in [5.74, 6) is 0.914. The topological polar surface area (TPSA) is 35.8 Å². The van der Waals surface area contributed by atoms with Gasteiger partial charge >= 0.3 is 0 Å². The summed E-state index contributed by atoms with van der Waals surface area (Å²) in [4.78, 5) is 0. The van der Waals surface area contributed by atoms with Crippen molar-refractivity contribution in [2.45, 2.75) is 51.4 Å². The Labute approximate surface area is 93.0 Å². The highest BCUT2D eigenvalue weighted by molar-refractivity contribution is 5.00. The van der Waals surface area contributed by atoms with Gasteiger partial charge in [0.1, 0.15) is 0 Å². The van der Waals surface area contributed by atoms with E-state index in [-0.39, 0.29) is 0 Å². The van der Waals surface area contributed by atoms with Crippen molar-refractivity contribution < 1.29 is 0 Å². The average Bonchev–Trinajstić information content (AvgIpc) is 3.00. The molecule has 2 rings (SSSR count). The molecule has 0 aromatic carbocycles. The van der Waals surface area contributed by atoms with E-state index in [0.717, 1.165) is 18.9 Å². The molecule has 1 N–H and O–H groups in total. The molecule has 2 aliphatic rings. The summed E-state index contributed by atoms with van der Waals surface area (Å²) in [6.45, 7) is 2.27. The van der Waals surface area contributed by atoms with Crippen molar-refractivity contribution in [3.8, 4) is 6.07 Å². The lowest BCUT2D eigenvalue weighted by atomic mass is 9.89. The SMILES string of the molecule is N#CCC1(CNCC2CCCCC2)CC1. The molecule has 0 atom stereocenters. The largest absolute Gasteiger partial charge is 0.316 e. The molecule has 0 bridgehead atoms. The quantitative estimate of drug-likeness (QED) is 0.750. The van der Waals surface area contributed by atoms with Gasteiger partial charge in [-0.2, -0.15) is 5.26 Å². The van der Waals surface area contributed by atoms with Crippen LogP contribution in [0.5, 0.6) is 0 Å². The number of nitrogens with one attached hydrogen (secondary N) is 1. The van der Waals surface area contributed by atoms with Gasteiger partial charge in [-0.25, -0.2) is 0 Å².